The van der Waals surface area contributed by atoms with E-state index < -0.39 is 17.5 Å². The third kappa shape index (κ3) is 1.87. The number of Topliss-reactive ketones (excluding diaryl/α,β-unsaturated/α-hetero) is 3. The van der Waals surface area contributed by atoms with E-state index in [-0.39, 0.29) is 12.2 Å². The van der Waals surface area contributed by atoms with E-state index in [1.807, 2.05) is 12.1 Å². The van der Waals surface area contributed by atoms with Crippen molar-refractivity contribution >= 4 is 22.9 Å². The summed E-state index contributed by atoms with van der Waals surface area (Å²) >= 11 is 0. The molecule has 1 atom stereocenters. The van der Waals surface area contributed by atoms with Crippen LogP contribution in [0.1, 0.15) is 29.6 Å². The summed E-state index contributed by atoms with van der Waals surface area (Å²) in [5.41, 5.74) is 1.08. The van der Waals surface area contributed by atoms with Crippen molar-refractivity contribution in [1.29, 1.82) is 0 Å². The van der Waals surface area contributed by atoms with E-state index >= 15 is 0 Å². The number of fused-ring (bicyclic) bond motifs is 1. The van der Waals surface area contributed by atoms with Crippen LogP contribution in [-0.4, -0.2) is 27.0 Å². The molecule has 0 spiro atoms. The molecule has 0 aromatic carbocycles. The van der Waals surface area contributed by atoms with Crippen molar-refractivity contribution in [2.24, 2.45) is 5.92 Å². The van der Waals surface area contributed by atoms with Crippen LogP contribution in [0.2, 0.25) is 0 Å². The highest BCUT2D eigenvalue weighted by atomic mass is 16.2. The number of nitrogens with zero attached hydrogens (tertiary/aromatic N) is 2. The molecular formula is C14H12N2O3. The van der Waals surface area contributed by atoms with Gasteiger partial charge < -0.3 is 0 Å². The predicted molar refractivity (Wildman–Crippen MR) is 66.9 cm³/mol. The summed E-state index contributed by atoms with van der Waals surface area (Å²) in [5.74, 6) is -2.10. The van der Waals surface area contributed by atoms with Gasteiger partial charge in [-0.15, -0.1) is 0 Å². The molecule has 0 amide bonds. The Labute approximate surface area is 109 Å². The molecule has 1 aliphatic rings. The molecule has 3 rings (SSSR count). The van der Waals surface area contributed by atoms with Gasteiger partial charge in [0.25, 0.3) is 0 Å². The molecule has 5 heteroatoms. The number of carbonyl (C=O) groups is 3. The highest BCUT2D eigenvalue weighted by molar-refractivity contribution is 6.43. The summed E-state index contributed by atoms with van der Waals surface area (Å²) < 4.78 is 1.59. The first kappa shape index (κ1) is 11.8. The van der Waals surface area contributed by atoms with Crippen molar-refractivity contribution in [2.45, 2.75) is 19.3 Å². The number of pyridine rings is 1. The van der Waals surface area contributed by atoms with E-state index in [0.29, 0.717) is 23.9 Å². The van der Waals surface area contributed by atoms with Gasteiger partial charge in [0.2, 0.25) is 5.78 Å². The van der Waals surface area contributed by atoms with Gasteiger partial charge in [0.05, 0.1) is 23.2 Å². The van der Waals surface area contributed by atoms with Crippen molar-refractivity contribution in [3.63, 3.8) is 0 Å². The first-order valence-electron chi connectivity index (χ1n) is 6.22. The molecule has 5 nitrogen and oxygen atoms in total. The molecule has 1 fully saturated rings. The fraction of sp³-hybridized carbons (Fsp3) is 0.286. The van der Waals surface area contributed by atoms with Gasteiger partial charge in [-0.2, -0.15) is 5.10 Å². The highest BCUT2D eigenvalue weighted by Crippen LogP contribution is 2.24. The Balaban J connectivity index is 2.00. The van der Waals surface area contributed by atoms with Crippen LogP contribution in [0.25, 0.3) is 5.52 Å². The fourth-order valence-electron chi connectivity index (χ4n) is 2.48. The maximum Gasteiger partial charge on any atom is 0.209 e. The molecular weight excluding hydrogens is 244 g/mol. The number of carbonyl (C=O) groups excluding carboxylic acids is 3. The molecule has 19 heavy (non-hydrogen) atoms. The van der Waals surface area contributed by atoms with E-state index in [0.717, 1.165) is 0 Å². The molecule has 0 saturated heterocycles. The number of ketones is 3. The maximum atomic E-state index is 12.4. The lowest BCUT2D eigenvalue weighted by atomic mass is 9.82. The number of hydrogen-bond donors (Lipinski definition) is 0. The van der Waals surface area contributed by atoms with Gasteiger partial charge in [-0.3, -0.25) is 14.4 Å². The van der Waals surface area contributed by atoms with Gasteiger partial charge in [0.15, 0.2) is 11.6 Å². The van der Waals surface area contributed by atoms with E-state index in [1.165, 1.54) is 6.20 Å². The number of aromatic nitrogens is 2. The summed E-state index contributed by atoms with van der Waals surface area (Å²) in [4.78, 5) is 35.6. The van der Waals surface area contributed by atoms with Crippen LogP contribution in [0, 0.1) is 5.92 Å². The van der Waals surface area contributed by atoms with Crippen LogP contribution in [0.15, 0.2) is 30.6 Å². The average Bonchev–Trinajstić information content (AvgIpc) is 2.85. The van der Waals surface area contributed by atoms with Crippen molar-refractivity contribution in [2.75, 3.05) is 0 Å². The third-order valence-electron chi connectivity index (χ3n) is 3.50. The Bertz CT molecular complexity index is 687. The first-order chi connectivity index (χ1) is 9.18. The van der Waals surface area contributed by atoms with Gasteiger partial charge in [-0.25, -0.2) is 4.52 Å². The highest BCUT2D eigenvalue weighted by Gasteiger charge is 2.35. The Morgan fingerprint density at radius 3 is 3.00 bits per heavy atom. The minimum absolute atomic E-state index is 0.261. The molecule has 1 aliphatic carbocycles. The second kappa shape index (κ2) is 4.42. The van der Waals surface area contributed by atoms with E-state index in [9.17, 15) is 14.4 Å². The molecule has 2 heterocycles. The van der Waals surface area contributed by atoms with Crippen LogP contribution in [0.3, 0.4) is 0 Å². The largest absolute Gasteiger partial charge is 0.293 e. The molecule has 1 saturated carbocycles. The summed E-state index contributed by atoms with van der Waals surface area (Å²) in [6.07, 6.45) is 4.51. The van der Waals surface area contributed by atoms with E-state index in [1.54, 1.807) is 16.8 Å². The third-order valence-corrected chi connectivity index (χ3v) is 3.50. The first-order valence-corrected chi connectivity index (χ1v) is 6.22. The predicted octanol–water partition coefficient (Wildman–Crippen LogP) is 1.46. The second-order valence-corrected chi connectivity index (χ2v) is 4.69. The van der Waals surface area contributed by atoms with Crippen LogP contribution in [0.4, 0.5) is 0 Å². The topological polar surface area (TPSA) is 68.5 Å². The van der Waals surface area contributed by atoms with Crippen LogP contribution < -0.4 is 0 Å². The number of rotatable bonds is 2. The zero-order valence-corrected chi connectivity index (χ0v) is 10.2. The van der Waals surface area contributed by atoms with Crippen molar-refractivity contribution in [1.82, 2.24) is 9.61 Å². The fourth-order valence-corrected chi connectivity index (χ4v) is 2.48. The zero-order chi connectivity index (χ0) is 13.4. The summed E-state index contributed by atoms with van der Waals surface area (Å²) in [5, 5.41) is 4.08. The molecule has 96 valence electrons. The van der Waals surface area contributed by atoms with Gasteiger partial charge in [-0.1, -0.05) is 6.07 Å². The molecule has 2 aromatic rings. The van der Waals surface area contributed by atoms with Gasteiger partial charge >= 0.3 is 0 Å². The van der Waals surface area contributed by atoms with E-state index in [4.69, 9.17) is 0 Å². The quantitative estimate of drug-likeness (QED) is 0.463. The molecule has 2 aromatic heterocycles. The Morgan fingerprint density at radius 1 is 1.32 bits per heavy atom. The minimum Gasteiger partial charge on any atom is -0.293 e. The van der Waals surface area contributed by atoms with Crippen molar-refractivity contribution < 1.29 is 14.4 Å². The summed E-state index contributed by atoms with van der Waals surface area (Å²) in [6.45, 7) is 0. The Morgan fingerprint density at radius 2 is 2.16 bits per heavy atom. The Kier molecular flexibility index (Phi) is 2.74. The molecule has 0 N–H and O–H groups in total. The summed E-state index contributed by atoms with van der Waals surface area (Å²) in [6, 6.07) is 5.39. The van der Waals surface area contributed by atoms with Crippen LogP contribution >= 0.6 is 0 Å². The van der Waals surface area contributed by atoms with Gasteiger partial charge in [0, 0.05) is 12.6 Å². The normalized spacial score (nSPS) is 19.9. The van der Waals surface area contributed by atoms with Crippen LogP contribution in [-0.2, 0) is 9.59 Å². The lowest BCUT2D eigenvalue weighted by Gasteiger charge is -2.17. The number of hydrogen-bond acceptors (Lipinski definition) is 4. The summed E-state index contributed by atoms with van der Waals surface area (Å²) in [7, 11) is 0. The van der Waals surface area contributed by atoms with Crippen LogP contribution in [0.5, 0.6) is 0 Å². The molecule has 0 aliphatic heterocycles. The Hall–Kier alpha value is -2.30. The molecule has 0 bridgehead atoms. The SMILES string of the molecule is O=C1CCCC(C(=O)c2cnn3ccccc23)C1=O. The van der Waals surface area contributed by atoms with Crippen molar-refractivity contribution in [3.8, 4) is 0 Å². The van der Waals surface area contributed by atoms with Gasteiger partial charge in [0.1, 0.15) is 0 Å². The lowest BCUT2D eigenvalue weighted by Crippen LogP contribution is -2.34. The molecule has 1 unspecified atom stereocenters. The van der Waals surface area contributed by atoms with Gasteiger partial charge in [-0.05, 0) is 25.0 Å². The van der Waals surface area contributed by atoms with E-state index in [2.05, 4.69) is 5.10 Å². The zero-order valence-electron chi connectivity index (χ0n) is 10.2. The monoisotopic (exact) mass is 256 g/mol. The minimum atomic E-state index is -0.825. The smallest absolute Gasteiger partial charge is 0.209 e. The maximum absolute atomic E-state index is 12.4. The second-order valence-electron chi connectivity index (χ2n) is 4.69. The molecule has 0 radical (unpaired) electrons. The van der Waals surface area contributed by atoms with Crippen molar-refractivity contribution in [3.05, 3.63) is 36.2 Å². The standard InChI is InChI=1S/C14H12N2O3/c17-12-6-3-4-9(14(12)19)13(18)10-8-15-16-7-2-1-5-11(10)16/h1-2,5,7-9H,3-4,6H2. The lowest BCUT2D eigenvalue weighted by molar-refractivity contribution is -0.139. The average molecular weight is 256 g/mol.